The Bertz CT molecular complexity index is 915. The minimum absolute atomic E-state index is 0.113. The SMILES string of the molecule is CCOC(=O)c1c(C)[nH]c(C(=O)N(C)CC(=O)Nc2cccc(C)c2C)c1C. The smallest absolute Gasteiger partial charge is 0.340 e. The molecule has 0 radical (unpaired) electrons. The number of hydrogen-bond acceptors (Lipinski definition) is 4. The Kier molecular flexibility index (Phi) is 6.62. The zero-order valence-electron chi connectivity index (χ0n) is 17.2. The summed E-state index contributed by atoms with van der Waals surface area (Å²) in [5, 5.41) is 2.84. The predicted octanol–water partition coefficient (Wildman–Crippen LogP) is 3.14. The molecule has 1 heterocycles. The molecule has 0 bridgehead atoms. The van der Waals surface area contributed by atoms with E-state index in [1.807, 2.05) is 32.0 Å². The zero-order valence-corrected chi connectivity index (χ0v) is 17.2. The Balaban J connectivity index is 2.12. The Labute approximate surface area is 165 Å². The number of hydrogen-bond donors (Lipinski definition) is 2. The van der Waals surface area contributed by atoms with Crippen LogP contribution in [-0.2, 0) is 9.53 Å². The highest BCUT2D eigenvalue weighted by Gasteiger charge is 2.25. The van der Waals surface area contributed by atoms with E-state index < -0.39 is 5.97 Å². The minimum Gasteiger partial charge on any atom is -0.462 e. The van der Waals surface area contributed by atoms with Crippen molar-refractivity contribution in [3.63, 3.8) is 0 Å². The van der Waals surface area contributed by atoms with Crippen molar-refractivity contribution in [2.75, 3.05) is 25.5 Å². The van der Waals surface area contributed by atoms with E-state index in [-0.39, 0.29) is 30.7 Å². The van der Waals surface area contributed by atoms with Crippen LogP contribution in [0.15, 0.2) is 18.2 Å². The molecule has 0 fully saturated rings. The molecular formula is C21H27N3O4. The molecule has 0 aliphatic heterocycles. The van der Waals surface area contributed by atoms with Gasteiger partial charge in [-0.2, -0.15) is 0 Å². The molecule has 0 saturated heterocycles. The highest BCUT2D eigenvalue weighted by Crippen LogP contribution is 2.21. The molecule has 0 aliphatic carbocycles. The van der Waals surface area contributed by atoms with Gasteiger partial charge in [0.25, 0.3) is 5.91 Å². The normalized spacial score (nSPS) is 10.5. The van der Waals surface area contributed by atoms with Crippen molar-refractivity contribution >= 4 is 23.5 Å². The maximum atomic E-state index is 12.8. The molecule has 2 amide bonds. The van der Waals surface area contributed by atoms with Gasteiger partial charge in [-0.15, -0.1) is 0 Å². The average Bonchev–Trinajstić information content (AvgIpc) is 2.92. The van der Waals surface area contributed by atoms with Crippen molar-refractivity contribution in [1.29, 1.82) is 0 Å². The van der Waals surface area contributed by atoms with Crippen LogP contribution in [0.2, 0.25) is 0 Å². The van der Waals surface area contributed by atoms with Crippen molar-refractivity contribution < 1.29 is 19.1 Å². The largest absolute Gasteiger partial charge is 0.462 e. The van der Waals surface area contributed by atoms with Gasteiger partial charge in [0, 0.05) is 18.4 Å². The van der Waals surface area contributed by atoms with Crippen molar-refractivity contribution in [1.82, 2.24) is 9.88 Å². The third kappa shape index (κ3) is 4.42. The predicted molar refractivity (Wildman–Crippen MR) is 108 cm³/mol. The maximum absolute atomic E-state index is 12.8. The lowest BCUT2D eigenvalue weighted by Crippen LogP contribution is -2.35. The van der Waals surface area contributed by atoms with Crippen molar-refractivity contribution in [2.45, 2.75) is 34.6 Å². The van der Waals surface area contributed by atoms with Crippen LogP contribution >= 0.6 is 0 Å². The molecule has 0 saturated carbocycles. The summed E-state index contributed by atoms with van der Waals surface area (Å²) in [4.78, 5) is 41.5. The molecule has 7 heteroatoms. The number of carbonyl (C=O) groups excluding carboxylic acids is 3. The second-order valence-corrected chi connectivity index (χ2v) is 6.80. The van der Waals surface area contributed by atoms with Crippen LogP contribution in [0.3, 0.4) is 0 Å². The van der Waals surface area contributed by atoms with E-state index in [1.54, 1.807) is 27.8 Å². The number of anilines is 1. The summed E-state index contributed by atoms with van der Waals surface area (Å²) in [6.45, 7) is 9.17. The number of carbonyl (C=O) groups is 3. The number of likely N-dealkylation sites (N-methyl/N-ethyl adjacent to an activating group) is 1. The molecule has 0 spiro atoms. The second-order valence-electron chi connectivity index (χ2n) is 6.80. The van der Waals surface area contributed by atoms with Crippen LogP contribution in [0.1, 0.15) is 50.2 Å². The molecule has 0 atom stereocenters. The number of esters is 1. The standard InChI is InChI=1S/C21H27N3O4/c1-7-28-21(27)18-14(4)19(22-15(18)5)20(26)24(6)11-17(25)23-16-10-8-9-12(2)13(16)3/h8-10,22H,7,11H2,1-6H3,(H,23,25). The third-order valence-corrected chi connectivity index (χ3v) is 4.74. The van der Waals surface area contributed by atoms with E-state index in [0.29, 0.717) is 16.8 Å². The first-order valence-electron chi connectivity index (χ1n) is 9.15. The number of nitrogens with one attached hydrogen (secondary N) is 2. The highest BCUT2D eigenvalue weighted by atomic mass is 16.5. The summed E-state index contributed by atoms with van der Waals surface area (Å²) in [6, 6.07) is 5.67. The number of aromatic nitrogens is 1. The topological polar surface area (TPSA) is 91.5 Å². The van der Waals surface area contributed by atoms with Gasteiger partial charge in [-0.1, -0.05) is 12.1 Å². The van der Waals surface area contributed by atoms with Gasteiger partial charge in [0.2, 0.25) is 5.91 Å². The Morgan fingerprint density at radius 2 is 1.79 bits per heavy atom. The number of rotatable bonds is 6. The van der Waals surface area contributed by atoms with Gasteiger partial charge in [-0.3, -0.25) is 9.59 Å². The molecule has 7 nitrogen and oxygen atoms in total. The van der Waals surface area contributed by atoms with Crippen molar-refractivity contribution in [3.05, 3.63) is 51.8 Å². The van der Waals surface area contributed by atoms with Gasteiger partial charge in [0.1, 0.15) is 5.69 Å². The first-order valence-corrected chi connectivity index (χ1v) is 9.15. The van der Waals surface area contributed by atoms with Gasteiger partial charge in [-0.05, 0) is 57.4 Å². The summed E-state index contributed by atoms with van der Waals surface area (Å²) >= 11 is 0. The average molecular weight is 385 g/mol. The monoisotopic (exact) mass is 385 g/mol. The first-order chi connectivity index (χ1) is 13.2. The van der Waals surface area contributed by atoms with E-state index >= 15 is 0 Å². The Hall–Kier alpha value is -3.09. The summed E-state index contributed by atoms with van der Waals surface area (Å²) in [6.07, 6.45) is 0. The second kappa shape index (κ2) is 8.73. The molecule has 150 valence electrons. The summed E-state index contributed by atoms with van der Waals surface area (Å²) in [5.41, 5.74) is 4.50. The number of benzene rings is 1. The van der Waals surface area contributed by atoms with Crippen LogP contribution in [0.5, 0.6) is 0 Å². The van der Waals surface area contributed by atoms with E-state index in [9.17, 15) is 14.4 Å². The zero-order chi connectivity index (χ0) is 21.0. The lowest BCUT2D eigenvalue weighted by Gasteiger charge is -2.17. The number of aromatic amines is 1. The summed E-state index contributed by atoms with van der Waals surface area (Å²) in [7, 11) is 1.55. The van der Waals surface area contributed by atoms with E-state index in [1.165, 1.54) is 4.90 Å². The number of H-pyrrole nitrogens is 1. The van der Waals surface area contributed by atoms with Gasteiger partial charge in [0.15, 0.2) is 0 Å². The third-order valence-electron chi connectivity index (χ3n) is 4.74. The number of nitrogens with zero attached hydrogens (tertiary/aromatic N) is 1. The molecule has 0 unspecified atom stereocenters. The first kappa shape index (κ1) is 21.2. The van der Waals surface area contributed by atoms with Crippen LogP contribution in [0, 0.1) is 27.7 Å². The van der Waals surface area contributed by atoms with Crippen LogP contribution in [0.25, 0.3) is 0 Å². The minimum atomic E-state index is -0.469. The number of ether oxygens (including phenoxy) is 1. The molecule has 2 rings (SSSR count). The van der Waals surface area contributed by atoms with Crippen LogP contribution in [0.4, 0.5) is 5.69 Å². The van der Waals surface area contributed by atoms with E-state index in [0.717, 1.165) is 16.8 Å². The Morgan fingerprint density at radius 3 is 2.43 bits per heavy atom. The van der Waals surface area contributed by atoms with Gasteiger partial charge in [-0.25, -0.2) is 4.79 Å². The lowest BCUT2D eigenvalue weighted by atomic mass is 10.1. The molecule has 2 N–H and O–H groups in total. The van der Waals surface area contributed by atoms with Crippen LogP contribution < -0.4 is 5.32 Å². The van der Waals surface area contributed by atoms with Gasteiger partial charge >= 0.3 is 5.97 Å². The molecule has 2 aromatic rings. The summed E-state index contributed by atoms with van der Waals surface area (Å²) in [5.74, 6) is -1.13. The van der Waals surface area contributed by atoms with Gasteiger partial charge in [0.05, 0.1) is 18.7 Å². The number of amides is 2. The van der Waals surface area contributed by atoms with Crippen molar-refractivity contribution in [3.8, 4) is 0 Å². The fourth-order valence-electron chi connectivity index (χ4n) is 3.03. The fraction of sp³-hybridized carbons (Fsp3) is 0.381. The molecular weight excluding hydrogens is 358 g/mol. The lowest BCUT2D eigenvalue weighted by molar-refractivity contribution is -0.116. The molecule has 0 aliphatic rings. The Morgan fingerprint density at radius 1 is 1.11 bits per heavy atom. The fourth-order valence-corrected chi connectivity index (χ4v) is 3.03. The molecule has 1 aromatic heterocycles. The molecule has 28 heavy (non-hydrogen) atoms. The summed E-state index contributed by atoms with van der Waals surface area (Å²) < 4.78 is 5.05. The van der Waals surface area contributed by atoms with E-state index in [4.69, 9.17) is 4.74 Å². The maximum Gasteiger partial charge on any atom is 0.340 e. The molecule has 1 aromatic carbocycles. The van der Waals surface area contributed by atoms with Crippen LogP contribution in [-0.4, -0.2) is 47.9 Å². The van der Waals surface area contributed by atoms with E-state index in [2.05, 4.69) is 10.3 Å². The van der Waals surface area contributed by atoms with Crippen molar-refractivity contribution in [2.24, 2.45) is 0 Å². The quantitative estimate of drug-likeness (QED) is 0.748. The number of aryl methyl sites for hydroxylation is 2. The highest BCUT2D eigenvalue weighted by molar-refractivity contribution is 6.02. The van der Waals surface area contributed by atoms with Gasteiger partial charge < -0.3 is 19.9 Å².